The molecular weight excluding hydrogens is 540 g/mol. The molecule has 1 aliphatic rings. The Balaban J connectivity index is 1.58. The molecule has 0 amide bonds. The summed E-state index contributed by atoms with van der Waals surface area (Å²) < 4.78 is 3.51. The van der Waals surface area contributed by atoms with Gasteiger partial charge in [-0.15, -0.1) is 10.2 Å². The van der Waals surface area contributed by atoms with Crippen molar-refractivity contribution in [3.8, 4) is 11.4 Å². The van der Waals surface area contributed by atoms with Crippen molar-refractivity contribution in [2.45, 2.75) is 92.3 Å². The summed E-state index contributed by atoms with van der Waals surface area (Å²) in [5.74, 6) is 1.11. The van der Waals surface area contributed by atoms with Crippen molar-refractivity contribution in [2.75, 3.05) is 16.5 Å². The third-order valence-corrected chi connectivity index (χ3v) is 8.04. The molecule has 0 unspecified atom stereocenters. The van der Waals surface area contributed by atoms with Gasteiger partial charge in [0.15, 0.2) is 0 Å². The van der Waals surface area contributed by atoms with Crippen LogP contribution >= 0.6 is 0 Å². The predicted octanol–water partition coefficient (Wildman–Crippen LogP) is 6.08. The van der Waals surface area contributed by atoms with Crippen molar-refractivity contribution >= 4 is 11.4 Å². The van der Waals surface area contributed by atoms with Gasteiger partial charge in [0, 0.05) is 23.8 Å². The van der Waals surface area contributed by atoms with Gasteiger partial charge in [0.1, 0.15) is 11.4 Å². The summed E-state index contributed by atoms with van der Waals surface area (Å²) in [4.78, 5) is 4.73. The monoisotopic (exact) mass is 584 g/mol. The summed E-state index contributed by atoms with van der Waals surface area (Å²) in [5, 5.41) is 35.8. The number of anilines is 2. The summed E-state index contributed by atoms with van der Waals surface area (Å²) in [6.45, 7) is 18.2. The van der Waals surface area contributed by atoms with Crippen LogP contribution in [0.3, 0.4) is 0 Å². The average molecular weight is 585 g/mol. The molecule has 2 aromatic carbocycles. The first-order chi connectivity index (χ1) is 20.5. The van der Waals surface area contributed by atoms with E-state index in [1.807, 2.05) is 0 Å². The number of hydrogen-bond donors (Lipinski definition) is 2. The van der Waals surface area contributed by atoms with Gasteiger partial charge in [0.25, 0.3) is 0 Å². The Morgan fingerprint density at radius 3 is 1.16 bits per heavy atom. The van der Waals surface area contributed by atoms with E-state index < -0.39 is 0 Å². The van der Waals surface area contributed by atoms with Gasteiger partial charge in [0.2, 0.25) is 0 Å². The van der Waals surface area contributed by atoms with Crippen molar-refractivity contribution < 1.29 is 10.2 Å². The zero-order valence-corrected chi connectivity index (χ0v) is 26.5. The molecule has 5 rings (SSSR count). The smallest absolute Gasteiger partial charge is 0.109 e. The van der Waals surface area contributed by atoms with E-state index in [2.05, 4.69) is 122 Å². The molecule has 0 atom stereocenters. The molecule has 2 N–H and O–H groups in total. The molecule has 228 valence electrons. The standard InChI is InChI=1S/C33H44N8O2/c1-20(2)28-11-26(40-15-24(17-42)34-36-40)12-29(21(3)4)32(28)38-9-10-39(19-38)33-30(22(5)6)13-27(14-31(33)23(7)8)41-16-25(18-43)35-37-41/h9-16,20-23,42-43H,17-19H2,1-8H3. The molecule has 0 fully saturated rings. The number of rotatable bonds is 10. The molecule has 0 radical (unpaired) electrons. The average Bonchev–Trinajstić information content (AvgIpc) is 3.76. The molecule has 2 aromatic heterocycles. The number of aliphatic hydroxyl groups excluding tert-OH is 2. The lowest BCUT2D eigenvalue weighted by atomic mass is 9.90. The van der Waals surface area contributed by atoms with E-state index >= 15 is 0 Å². The minimum absolute atomic E-state index is 0.138. The van der Waals surface area contributed by atoms with E-state index in [0.717, 1.165) is 11.4 Å². The molecule has 4 aromatic rings. The molecule has 10 heteroatoms. The van der Waals surface area contributed by atoms with Gasteiger partial charge >= 0.3 is 0 Å². The molecule has 0 saturated carbocycles. The maximum absolute atomic E-state index is 9.53. The van der Waals surface area contributed by atoms with E-state index in [0.29, 0.717) is 18.1 Å². The third kappa shape index (κ3) is 5.94. The SMILES string of the molecule is CC(C)c1cc(-n2cc(CO)nn2)cc(C(C)C)c1N1C=CN(c2c(C(C)C)cc(-n3cc(CO)nn3)cc2C(C)C)C1. The Morgan fingerprint density at radius 1 is 0.581 bits per heavy atom. The first kappa shape index (κ1) is 30.4. The minimum atomic E-state index is -0.138. The minimum Gasteiger partial charge on any atom is -0.390 e. The lowest BCUT2D eigenvalue weighted by Crippen LogP contribution is -2.28. The van der Waals surface area contributed by atoms with Crippen molar-refractivity contribution in [1.29, 1.82) is 0 Å². The highest BCUT2D eigenvalue weighted by Gasteiger charge is 2.28. The predicted molar refractivity (Wildman–Crippen MR) is 170 cm³/mol. The first-order valence-corrected chi connectivity index (χ1v) is 15.1. The zero-order valence-electron chi connectivity index (χ0n) is 26.5. The summed E-state index contributed by atoms with van der Waals surface area (Å²) in [7, 11) is 0. The van der Waals surface area contributed by atoms with Crippen molar-refractivity contribution in [2.24, 2.45) is 0 Å². The van der Waals surface area contributed by atoms with E-state index in [-0.39, 0.29) is 36.9 Å². The zero-order chi connectivity index (χ0) is 31.0. The molecule has 43 heavy (non-hydrogen) atoms. The topological polar surface area (TPSA) is 108 Å². The summed E-state index contributed by atoms with van der Waals surface area (Å²) in [6, 6.07) is 8.80. The molecule has 0 aliphatic carbocycles. The highest BCUT2D eigenvalue weighted by atomic mass is 16.3. The Bertz CT molecular complexity index is 1440. The van der Waals surface area contributed by atoms with Crippen LogP contribution in [-0.4, -0.2) is 46.9 Å². The summed E-state index contributed by atoms with van der Waals surface area (Å²) in [6.07, 6.45) is 7.96. The van der Waals surface area contributed by atoms with E-state index in [1.165, 1.54) is 33.6 Å². The summed E-state index contributed by atoms with van der Waals surface area (Å²) >= 11 is 0. The second-order valence-corrected chi connectivity index (χ2v) is 12.6. The largest absolute Gasteiger partial charge is 0.390 e. The Hall–Kier alpha value is -4.02. The van der Waals surface area contributed by atoms with Crippen LogP contribution < -0.4 is 9.80 Å². The Morgan fingerprint density at radius 2 is 0.907 bits per heavy atom. The maximum atomic E-state index is 9.53. The molecule has 3 heterocycles. The number of nitrogens with zero attached hydrogens (tertiary/aromatic N) is 8. The summed E-state index contributed by atoms with van der Waals surface area (Å²) in [5.41, 5.74) is 10.4. The lowest BCUT2D eigenvalue weighted by molar-refractivity contribution is 0.276. The number of aliphatic hydroxyl groups is 2. The molecule has 0 saturated heterocycles. The van der Waals surface area contributed by atoms with Crippen LogP contribution in [0, 0.1) is 0 Å². The number of hydrogen-bond acceptors (Lipinski definition) is 8. The number of benzene rings is 2. The van der Waals surface area contributed by atoms with Gasteiger partial charge in [-0.3, -0.25) is 0 Å². The van der Waals surface area contributed by atoms with Gasteiger partial charge in [0.05, 0.1) is 43.7 Å². The van der Waals surface area contributed by atoms with Crippen LogP contribution in [0.5, 0.6) is 0 Å². The van der Waals surface area contributed by atoms with Gasteiger partial charge in [-0.1, -0.05) is 65.8 Å². The lowest BCUT2D eigenvalue weighted by Gasteiger charge is -2.32. The van der Waals surface area contributed by atoms with Gasteiger partial charge < -0.3 is 20.0 Å². The third-order valence-electron chi connectivity index (χ3n) is 8.04. The van der Waals surface area contributed by atoms with Gasteiger partial charge in [-0.25, -0.2) is 9.36 Å². The fourth-order valence-electron chi connectivity index (χ4n) is 5.72. The van der Waals surface area contributed by atoms with Crippen molar-refractivity contribution in [3.05, 3.63) is 82.7 Å². The fraction of sp³-hybridized carbons (Fsp3) is 0.455. The van der Waals surface area contributed by atoms with Gasteiger partial charge in [-0.2, -0.15) is 0 Å². The van der Waals surface area contributed by atoms with Crippen LogP contribution in [0.25, 0.3) is 11.4 Å². The quantitative estimate of drug-likeness (QED) is 0.231. The Kier molecular flexibility index (Phi) is 8.71. The second-order valence-electron chi connectivity index (χ2n) is 12.6. The van der Waals surface area contributed by atoms with Gasteiger partial charge in [-0.05, 0) is 70.2 Å². The van der Waals surface area contributed by atoms with Crippen LogP contribution in [-0.2, 0) is 13.2 Å². The second kappa shape index (κ2) is 12.3. The van der Waals surface area contributed by atoms with Crippen molar-refractivity contribution in [3.63, 3.8) is 0 Å². The highest BCUT2D eigenvalue weighted by molar-refractivity contribution is 5.73. The van der Waals surface area contributed by atoms with Crippen LogP contribution in [0.15, 0.2) is 49.1 Å². The molecule has 10 nitrogen and oxygen atoms in total. The fourth-order valence-corrected chi connectivity index (χ4v) is 5.72. The number of aromatic nitrogens is 6. The Labute approximate surface area is 254 Å². The molecule has 1 aliphatic heterocycles. The molecule has 0 bridgehead atoms. The first-order valence-electron chi connectivity index (χ1n) is 15.1. The normalized spacial score (nSPS) is 13.6. The molecular formula is C33H44N8O2. The van der Waals surface area contributed by atoms with Crippen LogP contribution in [0.2, 0.25) is 0 Å². The van der Waals surface area contributed by atoms with E-state index in [1.54, 1.807) is 21.8 Å². The molecule has 0 spiro atoms. The highest BCUT2D eigenvalue weighted by Crippen LogP contribution is 2.42. The maximum Gasteiger partial charge on any atom is 0.109 e. The van der Waals surface area contributed by atoms with E-state index in [4.69, 9.17) is 0 Å². The van der Waals surface area contributed by atoms with Crippen molar-refractivity contribution in [1.82, 2.24) is 30.0 Å². The van der Waals surface area contributed by atoms with Crippen LogP contribution in [0.1, 0.15) is 113 Å². The van der Waals surface area contributed by atoms with E-state index in [9.17, 15) is 10.2 Å². The van der Waals surface area contributed by atoms with Crippen LogP contribution in [0.4, 0.5) is 11.4 Å².